The van der Waals surface area contributed by atoms with E-state index in [2.05, 4.69) is 25.6 Å². The van der Waals surface area contributed by atoms with Crippen LogP contribution < -0.4 is 15.4 Å². The van der Waals surface area contributed by atoms with Gasteiger partial charge < -0.3 is 20.1 Å². The fraction of sp³-hybridized carbons (Fsp3) is 0.211. The van der Waals surface area contributed by atoms with Crippen LogP contribution in [-0.4, -0.2) is 42.2 Å². The van der Waals surface area contributed by atoms with E-state index in [9.17, 15) is 0 Å². The first-order chi connectivity index (χ1) is 13.3. The maximum atomic E-state index is 5.93. The summed E-state index contributed by atoms with van der Waals surface area (Å²) in [6.07, 6.45) is 1.71. The van der Waals surface area contributed by atoms with Crippen molar-refractivity contribution in [1.29, 1.82) is 0 Å². The zero-order valence-electron chi connectivity index (χ0n) is 14.8. The average Bonchev–Trinajstić information content (AvgIpc) is 3.33. The number of anilines is 1. The van der Waals surface area contributed by atoms with Crippen molar-refractivity contribution in [2.75, 3.05) is 25.6 Å². The lowest BCUT2D eigenvalue weighted by molar-refractivity contribution is 0.179. The van der Waals surface area contributed by atoms with Crippen LogP contribution in [0.25, 0.3) is 11.3 Å². The summed E-state index contributed by atoms with van der Waals surface area (Å²) < 4.78 is 11.1. The zero-order chi connectivity index (χ0) is 18.5. The summed E-state index contributed by atoms with van der Waals surface area (Å²) in [4.78, 5) is 13.4. The molecule has 8 heteroatoms. The fourth-order valence-electron chi connectivity index (χ4n) is 2.68. The topological polar surface area (TPSA) is 80.7 Å². The van der Waals surface area contributed by atoms with E-state index in [1.165, 1.54) is 11.3 Å². The number of thiazole rings is 1. The third-order valence-electron chi connectivity index (χ3n) is 3.91. The molecule has 3 aromatic rings. The molecule has 4 rings (SSSR count). The Morgan fingerprint density at radius 3 is 2.96 bits per heavy atom. The highest BCUT2D eigenvalue weighted by atomic mass is 32.1. The molecule has 2 N–H and O–H groups in total. The van der Waals surface area contributed by atoms with E-state index in [0.29, 0.717) is 25.0 Å². The standard InChI is InChI=1S/C19H19N5O2S/c1-25-11-13-10-21-18(22-13)24-19-23-16(12-27-19)15-8-5-9-20-17(15)26-14-6-3-2-4-7-14/h2-9,12-13H,10-11H2,1H3,(H2,21,22,23,24). The lowest BCUT2D eigenvalue weighted by atomic mass is 10.2. The molecular weight excluding hydrogens is 362 g/mol. The number of nitrogens with zero attached hydrogens (tertiary/aromatic N) is 3. The van der Waals surface area contributed by atoms with Crippen molar-refractivity contribution in [3.05, 3.63) is 54.0 Å². The van der Waals surface area contributed by atoms with Crippen LogP contribution in [0.3, 0.4) is 0 Å². The number of nitrogens with one attached hydrogen (secondary N) is 2. The SMILES string of the molecule is COCC1CN=C(Nc2nc(-c3cccnc3Oc3ccccc3)cs2)N1. The molecule has 1 aromatic carbocycles. The normalized spacial score (nSPS) is 15.9. The van der Waals surface area contributed by atoms with E-state index >= 15 is 0 Å². The van der Waals surface area contributed by atoms with Crippen molar-refractivity contribution in [2.45, 2.75) is 6.04 Å². The molecule has 1 aliphatic rings. The van der Waals surface area contributed by atoms with Gasteiger partial charge in [0, 0.05) is 18.7 Å². The van der Waals surface area contributed by atoms with Gasteiger partial charge in [-0.2, -0.15) is 0 Å². The Morgan fingerprint density at radius 1 is 1.22 bits per heavy atom. The molecule has 0 radical (unpaired) electrons. The molecule has 3 heterocycles. The molecule has 0 bridgehead atoms. The molecule has 1 unspecified atom stereocenters. The molecule has 27 heavy (non-hydrogen) atoms. The van der Waals surface area contributed by atoms with E-state index < -0.39 is 0 Å². The van der Waals surface area contributed by atoms with Crippen molar-refractivity contribution in [2.24, 2.45) is 4.99 Å². The van der Waals surface area contributed by atoms with Crippen molar-refractivity contribution in [3.8, 4) is 22.9 Å². The Labute approximate surface area is 161 Å². The van der Waals surface area contributed by atoms with Gasteiger partial charge in [0.05, 0.1) is 30.5 Å². The van der Waals surface area contributed by atoms with E-state index in [1.807, 2.05) is 47.8 Å². The van der Waals surface area contributed by atoms with Gasteiger partial charge in [-0.25, -0.2) is 9.97 Å². The molecule has 0 saturated heterocycles. The number of methoxy groups -OCH3 is 1. The summed E-state index contributed by atoms with van der Waals surface area (Å²) in [5, 5.41) is 9.22. The van der Waals surface area contributed by atoms with Crippen LogP contribution in [0.4, 0.5) is 5.13 Å². The number of ether oxygens (including phenoxy) is 2. The van der Waals surface area contributed by atoms with Gasteiger partial charge in [0.2, 0.25) is 5.88 Å². The summed E-state index contributed by atoms with van der Waals surface area (Å²) >= 11 is 1.50. The number of hydrogen-bond acceptors (Lipinski definition) is 8. The summed E-state index contributed by atoms with van der Waals surface area (Å²) in [6.45, 7) is 1.31. The van der Waals surface area contributed by atoms with Crippen LogP contribution in [0.5, 0.6) is 11.6 Å². The van der Waals surface area contributed by atoms with Crippen molar-refractivity contribution >= 4 is 22.4 Å². The smallest absolute Gasteiger partial charge is 0.228 e. The molecule has 0 spiro atoms. The molecule has 0 aliphatic carbocycles. The Hall–Kier alpha value is -2.97. The van der Waals surface area contributed by atoms with Crippen LogP contribution in [0, 0.1) is 0 Å². The predicted molar refractivity (Wildman–Crippen MR) is 107 cm³/mol. The Morgan fingerprint density at radius 2 is 2.11 bits per heavy atom. The Bertz CT molecular complexity index is 929. The van der Waals surface area contributed by atoms with Gasteiger partial charge in [0.25, 0.3) is 0 Å². The maximum Gasteiger partial charge on any atom is 0.228 e. The highest BCUT2D eigenvalue weighted by molar-refractivity contribution is 7.14. The van der Waals surface area contributed by atoms with Gasteiger partial charge in [-0.05, 0) is 24.3 Å². The lowest BCUT2D eigenvalue weighted by Gasteiger charge is -2.10. The van der Waals surface area contributed by atoms with Crippen LogP contribution in [-0.2, 0) is 4.74 Å². The monoisotopic (exact) mass is 381 g/mol. The third kappa shape index (κ3) is 4.24. The molecular formula is C19H19N5O2S. The molecule has 2 aromatic heterocycles. The molecule has 1 atom stereocenters. The van der Waals surface area contributed by atoms with Crippen LogP contribution in [0.1, 0.15) is 0 Å². The van der Waals surface area contributed by atoms with Gasteiger partial charge in [-0.15, -0.1) is 11.3 Å². The summed E-state index contributed by atoms with van der Waals surface area (Å²) in [5.74, 6) is 1.97. The second-order valence-electron chi connectivity index (χ2n) is 5.92. The zero-order valence-corrected chi connectivity index (χ0v) is 15.6. The highest BCUT2D eigenvalue weighted by Gasteiger charge is 2.18. The highest BCUT2D eigenvalue weighted by Crippen LogP contribution is 2.33. The van der Waals surface area contributed by atoms with Gasteiger partial charge in [-0.3, -0.25) is 4.99 Å². The number of aliphatic imine (C=N–C) groups is 1. The predicted octanol–water partition coefficient (Wildman–Crippen LogP) is 3.38. The average molecular weight is 381 g/mol. The number of para-hydroxylation sites is 1. The Balaban J connectivity index is 1.49. The molecule has 0 amide bonds. The second kappa shape index (κ2) is 8.15. The maximum absolute atomic E-state index is 5.93. The van der Waals surface area contributed by atoms with Crippen molar-refractivity contribution in [1.82, 2.24) is 15.3 Å². The van der Waals surface area contributed by atoms with Crippen LogP contribution in [0.2, 0.25) is 0 Å². The number of aromatic nitrogens is 2. The van der Waals surface area contributed by atoms with Gasteiger partial charge >= 0.3 is 0 Å². The number of hydrogen-bond donors (Lipinski definition) is 2. The fourth-order valence-corrected chi connectivity index (χ4v) is 3.39. The minimum absolute atomic E-state index is 0.195. The molecule has 0 fully saturated rings. The summed E-state index contributed by atoms with van der Waals surface area (Å²) in [6, 6.07) is 13.6. The largest absolute Gasteiger partial charge is 0.438 e. The number of rotatable bonds is 6. The lowest BCUT2D eigenvalue weighted by Crippen LogP contribution is -2.37. The van der Waals surface area contributed by atoms with E-state index in [-0.39, 0.29) is 6.04 Å². The summed E-state index contributed by atoms with van der Waals surface area (Å²) in [5.41, 5.74) is 1.64. The first-order valence-corrected chi connectivity index (χ1v) is 9.40. The third-order valence-corrected chi connectivity index (χ3v) is 4.67. The summed E-state index contributed by atoms with van der Waals surface area (Å²) in [7, 11) is 1.68. The molecule has 0 saturated carbocycles. The van der Waals surface area contributed by atoms with Gasteiger partial charge in [0.15, 0.2) is 11.1 Å². The second-order valence-corrected chi connectivity index (χ2v) is 6.78. The van der Waals surface area contributed by atoms with Crippen molar-refractivity contribution < 1.29 is 9.47 Å². The van der Waals surface area contributed by atoms with Gasteiger partial charge in [-0.1, -0.05) is 18.2 Å². The number of pyridine rings is 1. The van der Waals surface area contributed by atoms with E-state index in [0.717, 1.165) is 22.1 Å². The Kier molecular flexibility index (Phi) is 5.27. The van der Waals surface area contributed by atoms with Crippen LogP contribution >= 0.6 is 11.3 Å². The minimum atomic E-state index is 0.195. The molecule has 7 nitrogen and oxygen atoms in total. The van der Waals surface area contributed by atoms with E-state index in [4.69, 9.17) is 9.47 Å². The first kappa shape index (κ1) is 17.4. The van der Waals surface area contributed by atoms with Gasteiger partial charge in [0.1, 0.15) is 5.75 Å². The molecule has 138 valence electrons. The van der Waals surface area contributed by atoms with Crippen LogP contribution in [0.15, 0.2) is 59.0 Å². The van der Waals surface area contributed by atoms with Crippen molar-refractivity contribution in [3.63, 3.8) is 0 Å². The van der Waals surface area contributed by atoms with E-state index in [1.54, 1.807) is 13.3 Å². The quantitative estimate of drug-likeness (QED) is 0.681. The first-order valence-electron chi connectivity index (χ1n) is 8.52. The molecule has 1 aliphatic heterocycles. The minimum Gasteiger partial charge on any atom is -0.438 e. The number of benzene rings is 1. The number of guanidine groups is 1.